The predicted octanol–water partition coefficient (Wildman–Crippen LogP) is 5.72. The Bertz CT molecular complexity index is 1790. The summed E-state index contributed by atoms with van der Waals surface area (Å²) in [5.41, 5.74) is 1.79. The van der Waals surface area contributed by atoms with Crippen LogP contribution in [0.2, 0.25) is 0 Å². The zero-order valence-electron chi connectivity index (χ0n) is 26.6. The number of rotatable bonds is 10. The third kappa shape index (κ3) is 7.89. The molecule has 250 valence electrons. The van der Waals surface area contributed by atoms with Gasteiger partial charge >= 0.3 is 0 Å². The SMILES string of the molecule is O=C(NCC(O)c1cccc(O)c1)C1CCC2(CCC(N(Cc3ccccc3)C(=O)c3cc(Br)cn(Cc4ccccc4)c3=O)CC2)O1. The van der Waals surface area contributed by atoms with Crippen LogP contribution in [0.4, 0.5) is 0 Å². The summed E-state index contributed by atoms with van der Waals surface area (Å²) in [7, 11) is 0. The molecule has 9 nitrogen and oxygen atoms in total. The monoisotopic (exact) mass is 713 g/mol. The second kappa shape index (κ2) is 14.9. The summed E-state index contributed by atoms with van der Waals surface area (Å²) in [5, 5.41) is 23.0. The molecule has 3 N–H and O–H groups in total. The van der Waals surface area contributed by atoms with Crippen LogP contribution in [0.25, 0.3) is 0 Å². The number of nitrogens with one attached hydrogen (secondary N) is 1. The molecule has 48 heavy (non-hydrogen) atoms. The first kappa shape index (κ1) is 33.6. The molecule has 2 aliphatic rings. The molecule has 4 aromatic rings. The van der Waals surface area contributed by atoms with Gasteiger partial charge in [-0.15, -0.1) is 0 Å². The van der Waals surface area contributed by atoms with Crippen molar-refractivity contribution in [1.29, 1.82) is 0 Å². The lowest BCUT2D eigenvalue weighted by atomic mass is 9.79. The quantitative estimate of drug-likeness (QED) is 0.194. The Labute approximate surface area is 288 Å². The predicted molar refractivity (Wildman–Crippen MR) is 185 cm³/mol. The van der Waals surface area contributed by atoms with E-state index in [1.54, 1.807) is 29.0 Å². The second-order valence-corrected chi connectivity index (χ2v) is 13.7. The van der Waals surface area contributed by atoms with Crippen molar-refractivity contribution in [3.63, 3.8) is 0 Å². The summed E-state index contributed by atoms with van der Waals surface area (Å²) in [6.45, 7) is 0.733. The van der Waals surface area contributed by atoms with E-state index in [-0.39, 0.29) is 41.3 Å². The number of nitrogens with zero attached hydrogens (tertiary/aromatic N) is 2. The Morgan fingerprint density at radius 1 is 0.938 bits per heavy atom. The fraction of sp³-hybridized carbons (Fsp3) is 0.342. The molecule has 1 saturated carbocycles. The third-order valence-corrected chi connectivity index (χ3v) is 9.95. The molecule has 10 heteroatoms. The number of pyridine rings is 1. The van der Waals surface area contributed by atoms with E-state index in [1.807, 2.05) is 65.6 Å². The van der Waals surface area contributed by atoms with Crippen molar-refractivity contribution in [3.05, 3.63) is 134 Å². The van der Waals surface area contributed by atoms with Crippen LogP contribution in [-0.4, -0.2) is 55.8 Å². The molecule has 6 rings (SSSR count). The maximum atomic E-state index is 14.3. The highest BCUT2D eigenvalue weighted by Crippen LogP contribution is 2.43. The highest BCUT2D eigenvalue weighted by atomic mass is 79.9. The maximum Gasteiger partial charge on any atom is 0.263 e. The van der Waals surface area contributed by atoms with Crippen molar-refractivity contribution < 1.29 is 24.5 Å². The van der Waals surface area contributed by atoms with Crippen LogP contribution >= 0.6 is 15.9 Å². The summed E-state index contributed by atoms with van der Waals surface area (Å²) in [6.07, 6.45) is 4.17. The summed E-state index contributed by atoms with van der Waals surface area (Å²) in [4.78, 5) is 42.9. The Balaban J connectivity index is 1.13. The zero-order chi connectivity index (χ0) is 33.7. The van der Waals surface area contributed by atoms with Crippen LogP contribution in [-0.2, 0) is 22.6 Å². The number of halogens is 1. The van der Waals surface area contributed by atoms with Gasteiger partial charge in [-0.25, -0.2) is 0 Å². The maximum absolute atomic E-state index is 14.3. The van der Waals surface area contributed by atoms with Gasteiger partial charge in [0.25, 0.3) is 11.5 Å². The smallest absolute Gasteiger partial charge is 0.263 e. The minimum absolute atomic E-state index is 0.0103. The van der Waals surface area contributed by atoms with Crippen LogP contribution in [0, 0.1) is 0 Å². The van der Waals surface area contributed by atoms with E-state index >= 15 is 0 Å². The van der Waals surface area contributed by atoms with Gasteiger partial charge in [-0.05, 0) is 89.3 Å². The Kier molecular flexibility index (Phi) is 10.4. The number of ether oxygens (including phenoxy) is 1. The summed E-state index contributed by atoms with van der Waals surface area (Å²) >= 11 is 3.53. The molecule has 3 aromatic carbocycles. The van der Waals surface area contributed by atoms with E-state index in [0.717, 1.165) is 17.5 Å². The molecule has 2 heterocycles. The molecular weight excluding hydrogens is 674 g/mol. The molecule has 1 spiro atoms. The summed E-state index contributed by atoms with van der Waals surface area (Å²) in [6, 6.07) is 27.3. The van der Waals surface area contributed by atoms with E-state index in [0.29, 0.717) is 55.2 Å². The first-order chi connectivity index (χ1) is 23.2. The average Bonchev–Trinajstić information content (AvgIpc) is 3.52. The van der Waals surface area contributed by atoms with Gasteiger partial charge in [0, 0.05) is 29.8 Å². The number of phenolic OH excluding ortho intramolecular Hbond substituents is 1. The van der Waals surface area contributed by atoms with Gasteiger partial charge < -0.3 is 29.7 Å². The van der Waals surface area contributed by atoms with Crippen molar-refractivity contribution in [3.8, 4) is 5.75 Å². The van der Waals surface area contributed by atoms with Crippen LogP contribution in [0.15, 0.2) is 106 Å². The van der Waals surface area contributed by atoms with E-state index in [1.165, 1.54) is 12.1 Å². The molecule has 1 saturated heterocycles. The molecule has 2 amide bonds. The highest BCUT2D eigenvalue weighted by Gasteiger charge is 2.46. The topological polar surface area (TPSA) is 121 Å². The van der Waals surface area contributed by atoms with Gasteiger partial charge in [-0.3, -0.25) is 14.4 Å². The number of benzene rings is 3. The number of aromatic hydroxyl groups is 1. The van der Waals surface area contributed by atoms with Crippen LogP contribution < -0.4 is 10.9 Å². The normalized spacial score (nSPS) is 21.1. The van der Waals surface area contributed by atoms with Crippen LogP contribution in [0.3, 0.4) is 0 Å². The summed E-state index contributed by atoms with van der Waals surface area (Å²) < 4.78 is 8.64. The Morgan fingerprint density at radius 3 is 2.29 bits per heavy atom. The average molecular weight is 715 g/mol. The van der Waals surface area contributed by atoms with E-state index in [9.17, 15) is 24.6 Å². The van der Waals surface area contributed by atoms with E-state index in [4.69, 9.17) is 4.74 Å². The number of aromatic nitrogens is 1. The fourth-order valence-electron chi connectivity index (χ4n) is 6.92. The number of aliphatic hydroxyl groups is 1. The van der Waals surface area contributed by atoms with Crippen LogP contribution in [0.5, 0.6) is 5.75 Å². The summed E-state index contributed by atoms with van der Waals surface area (Å²) in [5.74, 6) is -0.520. The number of hydrogen-bond donors (Lipinski definition) is 3. The highest BCUT2D eigenvalue weighted by molar-refractivity contribution is 9.10. The zero-order valence-corrected chi connectivity index (χ0v) is 28.2. The van der Waals surface area contributed by atoms with Crippen molar-refractivity contribution in [1.82, 2.24) is 14.8 Å². The standard InChI is InChI=1S/C38H40BrN3O6/c39-29-21-32(36(46)41(25-29)23-26-8-3-1-4-9-26)37(47)42(24-27-10-5-2-6-11-27)30-14-17-38(18-15-30)19-16-34(48-38)35(45)40-22-33(44)28-12-7-13-31(43)20-28/h1-13,20-21,25,30,33-34,43-44H,14-19,22-24H2,(H,40,45). The van der Waals surface area contributed by atoms with Crippen LogP contribution in [0.1, 0.15) is 71.7 Å². The molecule has 2 unspecified atom stereocenters. The van der Waals surface area contributed by atoms with Crippen molar-refractivity contribution in [2.24, 2.45) is 0 Å². The number of hydrogen-bond acceptors (Lipinski definition) is 6. The molecule has 1 aromatic heterocycles. The minimum atomic E-state index is -0.951. The molecule has 1 aliphatic heterocycles. The molecule has 2 fully saturated rings. The van der Waals surface area contributed by atoms with Gasteiger partial charge in [0.1, 0.15) is 17.4 Å². The molecule has 0 bridgehead atoms. The molecule has 0 radical (unpaired) electrons. The Hall–Kier alpha value is -4.25. The Morgan fingerprint density at radius 2 is 1.60 bits per heavy atom. The van der Waals surface area contributed by atoms with E-state index in [2.05, 4.69) is 21.2 Å². The van der Waals surface area contributed by atoms with E-state index < -0.39 is 17.8 Å². The fourth-order valence-corrected chi connectivity index (χ4v) is 7.40. The van der Waals surface area contributed by atoms with Gasteiger partial charge in [-0.2, -0.15) is 0 Å². The number of carbonyl (C=O) groups excluding carboxylic acids is 2. The molecule has 2 atom stereocenters. The largest absolute Gasteiger partial charge is 0.508 e. The number of amides is 2. The first-order valence-corrected chi connectivity index (χ1v) is 17.2. The molecule has 1 aliphatic carbocycles. The number of aliphatic hydroxyl groups excluding tert-OH is 1. The van der Waals surface area contributed by atoms with Crippen molar-refractivity contribution >= 4 is 27.7 Å². The van der Waals surface area contributed by atoms with Gasteiger partial charge in [-0.1, -0.05) is 72.8 Å². The van der Waals surface area contributed by atoms with Gasteiger partial charge in [0.05, 0.1) is 18.2 Å². The molecular formula is C38H40BrN3O6. The third-order valence-electron chi connectivity index (χ3n) is 9.51. The number of phenols is 1. The lowest BCUT2D eigenvalue weighted by Gasteiger charge is -2.41. The van der Waals surface area contributed by atoms with Gasteiger partial charge in [0.2, 0.25) is 5.91 Å². The van der Waals surface area contributed by atoms with Crippen molar-refractivity contribution in [2.45, 2.75) is 75.5 Å². The minimum Gasteiger partial charge on any atom is -0.508 e. The second-order valence-electron chi connectivity index (χ2n) is 12.8. The van der Waals surface area contributed by atoms with Gasteiger partial charge in [0.15, 0.2) is 0 Å². The lowest BCUT2D eigenvalue weighted by molar-refractivity contribution is -0.140. The number of carbonyl (C=O) groups is 2. The lowest BCUT2D eigenvalue weighted by Crippen LogP contribution is -2.48. The van der Waals surface area contributed by atoms with Crippen molar-refractivity contribution in [2.75, 3.05) is 6.54 Å². The first-order valence-electron chi connectivity index (χ1n) is 16.4.